The lowest BCUT2D eigenvalue weighted by molar-refractivity contribution is 0.861. The molecule has 2 atom stereocenters. The van der Waals surface area contributed by atoms with Crippen LogP contribution in [0.3, 0.4) is 0 Å². The molecular weight excluding hydrogens is 300 g/mol. The van der Waals surface area contributed by atoms with E-state index >= 15 is 0 Å². The third kappa shape index (κ3) is 1.87. The highest BCUT2D eigenvalue weighted by molar-refractivity contribution is 8.08. The number of thiophene rings is 2. The molecule has 92 valence electrons. The van der Waals surface area contributed by atoms with Gasteiger partial charge in [-0.3, -0.25) is 0 Å². The Morgan fingerprint density at radius 2 is 1.28 bits per heavy atom. The second kappa shape index (κ2) is 4.52. The highest BCUT2D eigenvalue weighted by atomic mass is 32.2. The Kier molecular flexibility index (Phi) is 2.83. The summed E-state index contributed by atoms with van der Waals surface area (Å²) in [5.74, 6) is 0. The number of hydrogen-bond donors (Lipinski definition) is 2. The maximum absolute atomic E-state index is 3.61. The first kappa shape index (κ1) is 11.3. The molecule has 0 aliphatic carbocycles. The van der Waals surface area contributed by atoms with E-state index in [2.05, 4.69) is 45.7 Å². The van der Waals surface area contributed by atoms with Crippen LogP contribution in [0.4, 0.5) is 0 Å². The molecule has 0 amide bonds. The van der Waals surface area contributed by atoms with Gasteiger partial charge in [0.1, 0.15) is 20.8 Å². The van der Waals surface area contributed by atoms with Crippen LogP contribution in [0.5, 0.6) is 0 Å². The summed E-state index contributed by atoms with van der Waals surface area (Å²) in [6.45, 7) is 0. The van der Waals surface area contributed by atoms with Crippen LogP contribution in [0, 0.1) is 0 Å². The van der Waals surface area contributed by atoms with E-state index in [-0.39, 0.29) is 0 Å². The second-order valence-electron chi connectivity index (χ2n) is 3.97. The molecule has 2 unspecified atom stereocenters. The SMILES string of the molecule is c1csc(C2NC3=C(NC(c4cccs4)S3)S2)c1. The van der Waals surface area contributed by atoms with E-state index in [1.165, 1.54) is 19.8 Å². The molecule has 0 radical (unpaired) electrons. The van der Waals surface area contributed by atoms with Crippen molar-refractivity contribution in [2.75, 3.05) is 0 Å². The first-order valence-electron chi connectivity index (χ1n) is 5.57. The molecule has 2 aromatic heterocycles. The lowest BCUT2D eigenvalue weighted by Gasteiger charge is -2.16. The van der Waals surface area contributed by atoms with E-state index in [4.69, 9.17) is 0 Å². The van der Waals surface area contributed by atoms with Gasteiger partial charge in [0.05, 0.1) is 0 Å². The van der Waals surface area contributed by atoms with Crippen molar-refractivity contribution >= 4 is 46.2 Å². The average molecular weight is 310 g/mol. The minimum absolute atomic E-state index is 0.388. The quantitative estimate of drug-likeness (QED) is 0.863. The highest BCUT2D eigenvalue weighted by Gasteiger charge is 2.35. The van der Waals surface area contributed by atoms with Crippen LogP contribution in [0.15, 0.2) is 45.1 Å². The van der Waals surface area contributed by atoms with Crippen molar-refractivity contribution in [2.45, 2.75) is 10.7 Å². The molecule has 2 aliphatic rings. The summed E-state index contributed by atoms with van der Waals surface area (Å²) < 4.78 is 0. The summed E-state index contributed by atoms with van der Waals surface area (Å²) >= 11 is 7.41. The van der Waals surface area contributed by atoms with Gasteiger partial charge >= 0.3 is 0 Å². The molecule has 0 saturated carbocycles. The van der Waals surface area contributed by atoms with Gasteiger partial charge in [0, 0.05) is 9.75 Å². The normalized spacial score (nSPS) is 26.0. The van der Waals surface area contributed by atoms with Crippen LogP contribution in [0.1, 0.15) is 20.5 Å². The van der Waals surface area contributed by atoms with Gasteiger partial charge < -0.3 is 10.6 Å². The molecule has 0 saturated heterocycles. The standard InChI is InChI=1S/C12H10N2S4/c1-3-7(15-5-1)9-13-11-12(17-9)14-10(18-11)8-4-2-6-16-8/h1-6,9-10,13-14H. The first-order valence-corrected chi connectivity index (χ1v) is 9.09. The van der Waals surface area contributed by atoms with Crippen molar-refractivity contribution in [1.82, 2.24) is 10.6 Å². The third-order valence-electron chi connectivity index (χ3n) is 2.81. The molecule has 2 N–H and O–H groups in total. The van der Waals surface area contributed by atoms with Crippen molar-refractivity contribution < 1.29 is 0 Å². The first-order chi connectivity index (χ1) is 8.90. The Bertz CT molecular complexity index is 505. The molecule has 2 aliphatic heterocycles. The molecule has 2 nitrogen and oxygen atoms in total. The van der Waals surface area contributed by atoms with E-state index in [1.54, 1.807) is 0 Å². The zero-order chi connectivity index (χ0) is 11.9. The molecule has 0 spiro atoms. The predicted molar refractivity (Wildman–Crippen MR) is 82.6 cm³/mol. The molecule has 2 aromatic rings. The van der Waals surface area contributed by atoms with Crippen molar-refractivity contribution in [1.29, 1.82) is 0 Å². The zero-order valence-electron chi connectivity index (χ0n) is 9.25. The van der Waals surface area contributed by atoms with Crippen LogP contribution in [0.25, 0.3) is 0 Å². The van der Waals surface area contributed by atoms with E-state index in [0.29, 0.717) is 10.7 Å². The summed E-state index contributed by atoms with van der Waals surface area (Å²) in [5, 5.41) is 14.9. The van der Waals surface area contributed by atoms with Gasteiger partial charge in [-0.25, -0.2) is 0 Å². The summed E-state index contributed by atoms with van der Waals surface area (Å²) in [5.41, 5.74) is 0. The van der Waals surface area contributed by atoms with Crippen molar-refractivity contribution in [2.24, 2.45) is 0 Å². The average Bonchev–Trinajstić information content (AvgIpc) is 3.13. The van der Waals surface area contributed by atoms with Gasteiger partial charge in [-0.1, -0.05) is 35.7 Å². The number of hydrogen-bond acceptors (Lipinski definition) is 6. The van der Waals surface area contributed by atoms with E-state index in [9.17, 15) is 0 Å². The van der Waals surface area contributed by atoms with Gasteiger partial charge in [0.15, 0.2) is 0 Å². The largest absolute Gasteiger partial charge is 0.361 e. The Hall–Kier alpha value is -0.560. The lowest BCUT2D eigenvalue weighted by atomic mass is 10.4. The Morgan fingerprint density at radius 3 is 1.67 bits per heavy atom. The minimum Gasteiger partial charge on any atom is -0.361 e. The molecule has 0 fully saturated rings. The maximum atomic E-state index is 3.61. The lowest BCUT2D eigenvalue weighted by Crippen LogP contribution is -2.13. The fourth-order valence-electron chi connectivity index (χ4n) is 1.98. The van der Waals surface area contributed by atoms with Crippen LogP contribution in [-0.2, 0) is 0 Å². The van der Waals surface area contributed by atoms with E-state index in [1.807, 2.05) is 46.2 Å². The van der Waals surface area contributed by atoms with Gasteiger partial charge in [-0.2, -0.15) is 0 Å². The smallest absolute Gasteiger partial charge is 0.114 e. The highest BCUT2D eigenvalue weighted by Crippen LogP contribution is 2.52. The fraction of sp³-hybridized carbons (Fsp3) is 0.167. The molecule has 6 heteroatoms. The van der Waals surface area contributed by atoms with Crippen molar-refractivity contribution in [3.63, 3.8) is 0 Å². The van der Waals surface area contributed by atoms with Gasteiger partial charge in [0.25, 0.3) is 0 Å². The summed E-state index contributed by atoms with van der Waals surface area (Å²) in [7, 11) is 0. The summed E-state index contributed by atoms with van der Waals surface area (Å²) in [6, 6.07) is 8.61. The van der Waals surface area contributed by atoms with Crippen LogP contribution >= 0.6 is 46.2 Å². The second-order valence-corrected chi connectivity index (χ2v) is 8.16. The zero-order valence-corrected chi connectivity index (χ0v) is 12.5. The van der Waals surface area contributed by atoms with Gasteiger partial charge in [-0.05, 0) is 22.9 Å². The molecule has 0 bridgehead atoms. The third-order valence-corrected chi connectivity index (χ3v) is 7.44. The number of rotatable bonds is 2. The van der Waals surface area contributed by atoms with Crippen LogP contribution in [0.2, 0.25) is 0 Å². The molecular formula is C12H10N2S4. The molecule has 18 heavy (non-hydrogen) atoms. The molecule has 0 aromatic carbocycles. The summed E-state index contributed by atoms with van der Waals surface area (Å²) in [4.78, 5) is 2.79. The predicted octanol–water partition coefficient (Wildman–Crippen LogP) is 4.31. The minimum atomic E-state index is 0.388. The molecule has 4 rings (SSSR count). The van der Waals surface area contributed by atoms with Crippen LogP contribution in [-0.4, -0.2) is 0 Å². The fourth-order valence-corrected chi connectivity index (χ4v) is 6.26. The maximum Gasteiger partial charge on any atom is 0.114 e. The van der Waals surface area contributed by atoms with Crippen molar-refractivity contribution in [3.05, 3.63) is 54.8 Å². The van der Waals surface area contributed by atoms with Crippen LogP contribution < -0.4 is 10.6 Å². The topological polar surface area (TPSA) is 24.1 Å². The Morgan fingerprint density at radius 1 is 0.778 bits per heavy atom. The van der Waals surface area contributed by atoms with Gasteiger partial charge in [-0.15, -0.1) is 22.7 Å². The summed E-state index contributed by atoms with van der Waals surface area (Å²) in [6.07, 6.45) is 0. The van der Waals surface area contributed by atoms with E-state index in [0.717, 1.165) is 0 Å². The number of nitrogens with one attached hydrogen (secondary N) is 2. The Labute approximate surface area is 122 Å². The molecule has 4 heterocycles. The van der Waals surface area contributed by atoms with Gasteiger partial charge in [0.2, 0.25) is 0 Å². The monoisotopic (exact) mass is 310 g/mol. The Balaban J connectivity index is 1.48. The number of thioether (sulfide) groups is 2. The van der Waals surface area contributed by atoms with Crippen molar-refractivity contribution in [3.8, 4) is 0 Å². The van der Waals surface area contributed by atoms with E-state index < -0.39 is 0 Å².